The lowest BCUT2D eigenvalue weighted by molar-refractivity contribution is -0.146. The Morgan fingerprint density at radius 1 is 1.18 bits per heavy atom. The number of amides is 1. The van der Waals surface area contributed by atoms with Crippen molar-refractivity contribution in [2.24, 2.45) is 5.41 Å². The normalized spacial score (nSPS) is 19.2. The highest BCUT2D eigenvalue weighted by Crippen LogP contribution is 2.46. The zero-order chi connectivity index (χ0) is 19.7. The molecule has 28 heavy (non-hydrogen) atoms. The van der Waals surface area contributed by atoms with Gasteiger partial charge in [0.2, 0.25) is 0 Å². The molecule has 144 valence electrons. The molecule has 4 rings (SSSR count). The minimum Gasteiger partial charge on any atom is -0.469 e. The first-order chi connectivity index (χ1) is 13.5. The number of ether oxygens (including phenoxy) is 2. The van der Waals surface area contributed by atoms with Crippen LogP contribution in [0.25, 0.3) is 0 Å². The highest BCUT2D eigenvalue weighted by molar-refractivity contribution is 5.98. The first kappa shape index (κ1) is 18.2. The third-order valence-corrected chi connectivity index (χ3v) is 5.47. The Morgan fingerprint density at radius 3 is 2.61 bits per heavy atom. The number of benzene rings is 2. The van der Waals surface area contributed by atoms with E-state index in [1.54, 1.807) is 18.2 Å². The van der Waals surface area contributed by atoms with E-state index in [9.17, 15) is 14.4 Å². The smallest absolute Gasteiger partial charge is 0.339 e. The summed E-state index contributed by atoms with van der Waals surface area (Å²) in [5.74, 6) is -0.940. The minimum atomic E-state index is -0.583. The maximum atomic E-state index is 12.6. The van der Waals surface area contributed by atoms with E-state index in [0.29, 0.717) is 17.5 Å². The average molecular weight is 379 g/mol. The molecule has 0 spiro atoms. The van der Waals surface area contributed by atoms with Gasteiger partial charge in [-0.15, -0.1) is 0 Å². The van der Waals surface area contributed by atoms with Gasteiger partial charge in [-0.3, -0.25) is 9.59 Å². The molecule has 2 aliphatic rings. The van der Waals surface area contributed by atoms with E-state index in [1.165, 1.54) is 7.11 Å². The van der Waals surface area contributed by atoms with Gasteiger partial charge in [0, 0.05) is 18.5 Å². The number of methoxy groups -OCH3 is 1. The van der Waals surface area contributed by atoms with Crippen LogP contribution in [0.1, 0.15) is 50.8 Å². The number of carbonyl (C=O) groups excluding carboxylic acids is 3. The molecule has 1 N–H and O–H groups in total. The summed E-state index contributed by atoms with van der Waals surface area (Å²) < 4.78 is 10.4. The maximum Gasteiger partial charge on any atom is 0.339 e. The fourth-order valence-corrected chi connectivity index (χ4v) is 3.56. The van der Waals surface area contributed by atoms with Crippen LogP contribution in [-0.2, 0) is 20.7 Å². The lowest BCUT2D eigenvalue weighted by Gasteiger charge is -2.25. The fraction of sp³-hybridized carbons (Fsp3) is 0.318. The summed E-state index contributed by atoms with van der Waals surface area (Å²) in [4.78, 5) is 36.7. The van der Waals surface area contributed by atoms with E-state index in [1.807, 2.05) is 30.3 Å². The summed E-state index contributed by atoms with van der Waals surface area (Å²) >= 11 is 0. The Labute approximate surface area is 162 Å². The van der Waals surface area contributed by atoms with Crippen LogP contribution in [0.5, 0.6) is 0 Å². The topological polar surface area (TPSA) is 81.7 Å². The number of carbonyl (C=O) groups is 3. The lowest BCUT2D eigenvalue weighted by atomic mass is 9.93. The molecule has 2 aromatic rings. The molecular weight excluding hydrogens is 358 g/mol. The quantitative estimate of drug-likeness (QED) is 0.808. The van der Waals surface area contributed by atoms with Crippen molar-refractivity contribution < 1.29 is 23.9 Å². The third-order valence-electron chi connectivity index (χ3n) is 5.47. The van der Waals surface area contributed by atoms with Gasteiger partial charge >= 0.3 is 11.9 Å². The summed E-state index contributed by atoms with van der Waals surface area (Å²) in [5.41, 5.74) is 2.07. The Kier molecular flexibility index (Phi) is 4.63. The molecule has 1 heterocycles. The van der Waals surface area contributed by atoms with Gasteiger partial charge in [-0.25, -0.2) is 4.79 Å². The SMILES string of the molecule is COC(=O)C1(CNC(=O)c2ccc3c(c2)C[C@H](c2ccccc2)OC3=O)CC1. The molecule has 0 aromatic heterocycles. The molecule has 1 amide bonds. The predicted octanol–water partition coefficient (Wildman–Crippen LogP) is 2.82. The summed E-state index contributed by atoms with van der Waals surface area (Å²) in [7, 11) is 1.36. The van der Waals surface area contributed by atoms with Crippen molar-refractivity contribution >= 4 is 17.8 Å². The van der Waals surface area contributed by atoms with Crippen molar-refractivity contribution in [3.05, 3.63) is 70.8 Å². The number of hydrogen-bond donors (Lipinski definition) is 1. The van der Waals surface area contributed by atoms with Crippen LogP contribution in [0.2, 0.25) is 0 Å². The van der Waals surface area contributed by atoms with Gasteiger partial charge in [0.1, 0.15) is 6.10 Å². The highest BCUT2D eigenvalue weighted by Gasteiger charge is 2.51. The molecule has 0 saturated heterocycles. The van der Waals surface area contributed by atoms with Gasteiger partial charge in [0.25, 0.3) is 5.91 Å². The second kappa shape index (κ2) is 7.11. The molecular formula is C22H21NO5. The first-order valence-corrected chi connectivity index (χ1v) is 9.28. The number of cyclic esters (lactones) is 1. The van der Waals surface area contributed by atoms with Gasteiger partial charge in [-0.2, -0.15) is 0 Å². The molecule has 1 atom stereocenters. The van der Waals surface area contributed by atoms with E-state index in [4.69, 9.17) is 9.47 Å². The van der Waals surface area contributed by atoms with Gasteiger partial charge in [-0.1, -0.05) is 30.3 Å². The number of hydrogen-bond acceptors (Lipinski definition) is 5. The molecule has 1 aliphatic heterocycles. The second-order valence-electron chi connectivity index (χ2n) is 7.34. The number of esters is 2. The summed E-state index contributed by atoms with van der Waals surface area (Å²) in [6, 6.07) is 14.5. The van der Waals surface area contributed by atoms with Crippen molar-refractivity contribution in [2.45, 2.75) is 25.4 Å². The standard InChI is InChI=1S/C22H21NO5/c1-27-21(26)22(9-10-22)13-23-19(24)15-7-8-17-16(11-15)12-18(28-20(17)25)14-5-3-2-4-6-14/h2-8,11,18H,9-10,12-13H2,1H3,(H,23,24)/t18-/m1/s1. The molecule has 2 aromatic carbocycles. The third kappa shape index (κ3) is 3.38. The van der Waals surface area contributed by atoms with Crippen LogP contribution >= 0.6 is 0 Å². The van der Waals surface area contributed by atoms with Crippen molar-refractivity contribution in [1.82, 2.24) is 5.32 Å². The molecule has 0 unspecified atom stereocenters. The van der Waals surface area contributed by atoms with E-state index in [-0.39, 0.29) is 30.5 Å². The van der Waals surface area contributed by atoms with Crippen LogP contribution < -0.4 is 5.32 Å². The molecule has 1 saturated carbocycles. The summed E-state index contributed by atoms with van der Waals surface area (Å²) in [6.45, 7) is 0.254. The lowest BCUT2D eigenvalue weighted by Crippen LogP contribution is -2.35. The predicted molar refractivity (Wildman–Crippen MR) is 101 cm³/mol. The van der Waals surface area contributed by atoms with Gasteiger partial charge in [0.05, 0.1) is 18.1 Å². The van der Waals surface area contributed by atoms with Crippen LogP contribution in [0.3, 0.4) is 0 Å². The highest BCUT2D eigenvalue weighted by atomic mass is 16.5. The van der Waals surface area contributed by atoms with Crippen molar-refractivity contribution in [2.75, 3.05) is 13.7 Å². The monoisotopic (exact) mass is 379 g/mol. The van der Waals surface area contributed by atoms with E-state index < -0.39 is 5.41 Å². The number of nitrogens with one attached hydrogen (secondary N) is 1. The number of fused-ring (bicyclic) bond motifs is 1. The molecule has 1 aliphatic carbocycles. The van der Waals surface area contributed by atoms with Gasteiger partial charge in [-0.05, 0) is 42.2 Å². The van der Waals surface area contributed by atoms with Crippen LogP contribution in [0.15, 0.2) is 48.5 Å². The summed E-state index contributed by atoms with van der Waals surface area (Å²) in [6.07, 6.45) is 1.58. The Morgan fingerprint density at radius 2 is 1.93 bits per heavy atom. The van der Waals surface area contributed by atoms with Crippen molar-refractivity contribution in [1.29, 1.82) is 0 Å². The van der Waals surface area contributed by atoms with Crippen molar-refractivity contribution in [3.63, 3.8) is 0 Å². The van der Waals surface area contributed by atoms with Gasteiger partial charge < -0.3 is 14.8 Å². The molecule has 0 radical (unpaired) electrons. The Hall–Kier alpha value is -3.15. The zero-order valence-corrected chi connectivity index (χ0v) is 15.6. The van der Waals surface area contributed by atoms with Gasteiger partial charge in [0.15, 0.2) is 0 Å². The molecule has 0 bridgehead atoms. The largest absolute Gasteiger partial charge is 0.469 e. The maximum absolute atomic E-state index is 12.6. The van der Waals surface area contributed by atoms with Crippen LogP contribution in [-0.4, -0.2) is 31.5 Å². The Balaban J connectivity index is 1.50. The molecule has 6 heteroatoms. The van der Waals surface area contributed by atoms with Crippen LogP contribution in [0, 0.1) is 5.41 Å². The van der Waals surface area contributed by atoms with Crippen LogP contribution in [0.4, 0.5) is 0 Å². The van der Waals surface area contributed by atoms with Crippen molar-refractivity contribution in [3.8, 4) is 0 Å². The fourth-order valence-electron chi connectivity index (χ4n) is 3.56. The molecule has 1 fully saturated rings. The minimum absolute atomic E-state index is 0.254. The van der Waals surface area contributed by atoms with E-state index in [2.05, 4.69) is 5.32 Å². The summed E-state index contributed by atoms with van der Waals surface area (Å²) in [5, 5.41) is 2.82. The zero-order valence-electron chi connectivity index (χ0n) is 15.6. The Bertz CT molecular complexity index is 933. The number of rotatable bonds is 5. The van der Waals surface area contributed by atoms with E-state index >= 15 is 0 Å². The second-order valence-corrected chi connectivity index (χ2v) is 7.34. The first-order valence-electron chi connectivity index (χ1n) is 9.28. The van der Waals surface area contributed by atoms with E-state index in [0.717, 1.165) is 24.0 Å². The average Bonchev–Trinajstić information content (AvgIpc) is 3.52. The molecule has 6 nitrogen and oxygen atoms in total.